The fraction of sp³-hybridized carbons (Fsp3) is 0.778. The third-order valence-corrected chi connectivity index (χ3v) is 1.96. The van der Waals surface area contributed by atoms with Crippen molar-refractivity contribution in [1.29, 1.82) is 0 Å². The Morgan fingerprint density at radius 1 is 1.46 bits per heavy atom. The molecule has 1 atom stereocenters. The zero-order valence-corrected chi connectivity index (χ0v) is 8.83. The standard InChI is InChI=1S/C9H18N4/c1-5-10-7(2)6-13-9(4)11-8(3)12-13/h7,10H,5-6H2,1-4H3. The molecular formula is C9H18N4. The summed E-state index contributed by atoms with van der Waals surface area (Å²) >= 11 is 0. The van der Waals surface area contributed by atoms with Crippen LogP contribution in [0.15, 0.2) is 0 Å². The molecule has 0 saturated heterocycles. The predicted molar refractivity (Wildman–Crippen MR) is 52.6 cm³/mol. The Morgan fingerprint density at radius 3 is 2.62 bits per heavy atom. The van der Waals surface area contributed by atoms with Gasteiger partial charge in [-0.25, -0.2) is 9.67 Å². The number of nitrogens with one attached hydrogen (secondary N) is 1. The fourth-order valence-corrected chi connectivity index (χ4v) is 1.41. The molecule has 0 fully saturated rings. The molecule has 0 spiro atoms. The van der Waals surface area contributed by atoms with Crippen LogP contribution in [0.25, 0.3) is 0 Å². The van der Waals surface area contributed by atoms with Gasteiger partial charge in [0.25, 0.3) is 0 Å². The number of rotatable bonds is 4. The lowest BCUT2D eigenvalue weighted by molar-refractivity contribution is 0.453. The molecule has 0 aliphatic rings. The Labute approximate surface area is 79.4 Å². The van der Waals surface area contributed by atoms with Gasteiger partial charge < -0.3 is 5.32 Å². The van der Waals surface area contributed by atoms with Crippen LogP contribution in [0.3, 0.4) is 0 Å². The fourth-order valence-electron chi connectivity index (χ4n) is 1.41. The first-order valence-corrected chi connectivity index (χ1v) is 4.75. The maximum absolute atomic E-state index is 4.30. The minimum Gasteiger partial charge on any atom is -0.313 e. The Morgan fingerprint density at radius 2 is 2.15 bits per heavy atom. The first-order valence-electron chi connectivity index (χ1n) is 4.75. The molecule has 0 amide bonds. The molecule has 13 heavy (non-hydrogen) atoms. The van der Waals surface area contributed by atoms with Crippen molar-refractivity contribution in [2.75, 3.05) is 6.54 Å². The van der Waals surface area contributed by atoms with Crippen molar-refractivity contribution in [2.24, 2.45) is 0 Å². The van der Waals surface area contributed by atoms with Crippen LogP contribution in [0, 0.1) is 13.8 Å². The summed E-state index contributed by atoms with van der Waals surface area (Å²) in [7, 11) is 0. The number of hydrogen-bond donors (Lipinski definition) is 1. The molecule has 1 N–H and O–H groups in total. The molecule has 4 heteroatoms. The lowest BCUT2D eigenvalue weighted by atomic mass is 10.3. The van der Waals surface area contributed by atoms with Gasteiger partial charge in [-0.1, -0.05) is 6.92 Å². The van der Waals surface area contributed by atoms with E-state index < -0.39 is 0 Å². The van der Waals surface area contributed by atoms with Gasteiger partial charge in [0.2, 0.25) is 0 Å². The SMILES string of the molecule is CCNC(C)Cn1nc(C)nc1C. The quantitative estimate of drug-likeness (QED) is 0.752. The van der Waals surface area contributed by atoms with Gasteiger partial charge in [-0.05, 0) is 27.3 Å². The van der Waals surface area contributed by atoms with Crippen molar-refractivity contribution in [2.45, 2.75) is 40.3 Å². The number of nitrogens with zero attached hydrogens (tertiary/aromatic N) is 3. The van der Waals surface area contributed by atoms with Gasteiger partial charge in [-0.2, -0.15) is 5.10 Å². The summed E-state index contributed by atoms with van der Waals surface area (Å²) in [5, 5.41) is 7.64. The van der Waals surface area contributed by atoms with Gasteiger partial charge in [0.1, 0.15) is 11.6 Å². The summed E-state index contributed by atoms with van der Waals surface area (Å²) in [5.74, 6) is 1.84. The van der Waals surface area contributed by atoms with E-state index in [4.69, 9.17) is 0 Å². The highest BCUT2D eigenvalue weighted by molar-refractivity contribution is 4.88. The van der Waals surface area contributed by atoms with Gasteiger partial charge in [-0.15, -0.1) is 0 Å². The molecule has 1 rings (SSSR count). The van der Waals surface area contributed by atoms with Crippen molar-refractivity contribution in [3.05, 3.63) is 11.6 Å². The highest BCUT2D eigenvalue weighted by Crippen LogP contribution is 1.97. The average molecular weight is 182 g/mol. The van der Waals surface area contributed by atoms with Crippen LogP contribution in [0.2, 0.25) is 0 Å². The first-order chi connectivity index (χ1) is 6.13. The lowest BCUT2D eigenvalue weighted by Crippen LogP contribution is -2.30. The van der Waals surface area contributed by atoms with E-state index in [0.29, 0.717) is 6.04 Å². The molecule has 0 aliphatic heterocycles. The van der Waals surface area contributed by atoms with Crippen LogP contribution >= 0.6 is 0 Å². The summed E-state index contributed by atoms with van der Waals surface area (Å²) in [6, 6.07) is 0.449. The van der Waals surface area contributed by atoms with Crippen molar-refractivity contribution in [1.82, 2.24) is 20.1 Å². The molecular weight excluding hydrogens is 164 g/mol. The molecule has 1 aromatic heterocycles. The highest BCUT2D eigenvalue weighted by atomic mass is 15.3. The Kier molecular flexibility index (Phi) is 3.42. The smallest absolute Gasteiger partial charge is 0.147 e. The maximum Gasteiger partial charge on any atom is 0.147 e. The average Bonchev–Trinajstić information content (AvgIpc) is 2.30. The first kappa shape index (κ1) is 10.2. The number of aryl methyl sites for hydroxylation is 2. The number of hydrogen-bond acceptors (Lipinski definition) is 3. The van der Waals surface area contributed by atoms with Crippen molar-refractivity contribution < 1.29 is 0 Å². The van der Waals surface area contributed by atoms with E-state index in [1.807, 2.05) is 18.5 Å². The summed E-state index contributed by atoms with van der Waals surface area (Å²) in [4.78, 5) is 4.25. The summed E-state index contributed by atoms with van der Waals surface area (Å²) in [6.07, 6.45) is 0. The van der Waals surface area contributed by atoms with Crippen LogP contribution in [0.4, 0.5) is 0 Å². The molecule has 0 saturated carbocycles. The molecule has 0 aliphatic carbocycles. The molecule has 1 aromatic rings. The summed E-state index contributed by atoms with van der Waals surface area (Å²) < 4.78 is 1.95. The van der Waals surface area contributed by atoms with E-state index in [9.17, 15) is 0 Å². The molecule has 0 radical (unpaired) electrons. The largest absolute Gasteiger partial charge is 0.313 e. The van der Waals surface area contributed by atoms with Crippen LogP contribution in [-0.4, -0.2) is 27.4 Å². The third-order valence-electron chi connectivity index (χ3n) is 1.96. The molecule has 0 aromatic carbocycles. The van der Waals surface area contributed by atoms with Crippen LogP contribution in [0.5, 0.6) is 0 Å². The van der Waals surface area contributed by atoms with E-state index in [1.54, 1.807) is 0 Å². The van der Waals surface area contributed by atoms with Crippen LogP contribution in [-0.2, 0) is 6.54 Å². The summed E-state index contributed by atoms with van der Waals surface area (Å²) in [5.41, 5.74) is 0. The van der Waals surface area contributed by atoms with Crippen molar-refractivity contribution in [3.63, 3.8) is 0 Å². The van der Waals surface area contributed by atoms with Crippen LogP contribution in [0.1, 0.15) is 25.5 Å². The van der Waals surface area contributed by atoms with E-state index in [1.165, 1.54) is 0 Å². The molecule has 1 unspecified atom stereocenters. The molecule has 4 nitrogen and oxygen atoms in total. The predicted octanol–water partition coefficient (Wildman–Crippen LogP) is 0.893. The van der Waals surface area contributed by atoms with Gasteiger partial charge >= 0.3 is 0 Å². The highest BCUT2D eigenvalue weighted by Gasteiger charge is 2.05. The van der Waals surface area contributed by atoms with E-state index in [0.717, 1.165) is 24.7 Å². The van der Waals surface area contributed by atoms with Gasteiger partial charge in [0.05, 0.1) is 6.54 Å². The maximum atomic E-state index is 4.30. The topological polar surface area (TPSA) is 42.7 Å². The third kappa shape index (κ3) is 2.81. The van der Waals surface area contributed by atoms with Crippen molar-refractivity contribution in [3.8, 4) is 0 Å². The van der Waals surface area contributed by atoms with Crippen LogP contribution < -0.4 is 5.32 Å². The lowest BCUT2D eigenvalue weighted by Gasteiger charge is -2.12. The summed E-state index contributed by atoms with van der Waals surface area (Å²) in [6.45, 7) is 10.0. The van der Waals surface area contributed by atoms with Gasteiger partial charge in [0, 0.05) is 6.04 Å². The second-order valence-corrected chi connectivity index (χ2v) is 3.35. The van der Waals surface area contributed by atoms with E-state index in [2.05, 4.69) is 29.2 Å². The van der Waals surface area contributed by atoms with Crippen molar-refractivity contribution >= 4 is 0 Å². The Bertz CT molecular complexity index is 267. The van der Waals surface area contributed by atoms with E-state index >= 15 is 0 Å². The molecule has 0 bridgehead atoms. The van der Waals surface area contributed by atoms with Gasteiger partial charge in [0.15, 0.2) is 0 Å². The second-order valence-electron chi connectivity index (χ2n) is 3.35. The number of likely N-dealkylation sites (N-methyl/N-ethyl adjacent to an activating group) is 1. The zero-order chi connectivity index (χ0) is 9.84. The zero-order valence-electron chi connectivity index (χ0n) is 8.83. The monoisotopic (exact) mass is 182 g/mol. The Balaban J connectivity index is 2.57. The number of aromatic nitrogens is 3. The minimum absolute atomic E-state index is 0.449. The molecule has 1 heterocycles. The molecule has 74 valence electrons. The normalized spacial score (nSPS) is 13.2. The Hall–Kier alpha value is -0.900. The van der Waals surface area contributed by atoms with E-state index in [-0.39, 0.29) is 0 Å². The van der Waals surface area contributed by atoms with Gasteiger partial charge in [-0.3, -0.25) is 0 Å². The second kappa shape index (κ2) is 4.37. The minimum atomic E-state index is 0.449.